The van der Waals surface area contributed by atoms with Crippen LogP contribution < -0.4 is 0 Å². The molecule has 0 unspecified atom stereocenters. The van der Waals surface area contributed by atoms with Crippen molar-refractivity contribution in [1.29, 1.82) is 5.26 Å². The Balaban J connectivity index is 1.65. The molecular weight excluding hydrogens is 346 g/mol. The van der Waals surface area contributed by atoms with Gasteiger partial charge in [0.25, 0.3) is 6.43 Å². The van der Waals surface area contributed by atoms with E-state index in [1.807, 2.05) is 6.07 Å². The molecule has 0 aromatic carbocycles. The monoisotopic (exact) mass is 370 g/mol. The van der Waals surface area contributed by atoms with E-state index in [2.05, 4.69) is 10.3 Å². The molecule has 1 fully saturated rings. The Hall–Kier alpha value is -1.92. The van der Waals surface area contributed by atoms with E-state index in [1.165, 1.54) is 10.9 Å². The topological polar surface area (TPSA) is 89.5 Å². The number of aromatic nitrogens is 2. The van der Waals surface area contributed by atoms with Crippen molar-refractivity contribution in [2.45, 2.75) is 51.0 Å². The van der Waals surface area contributed by atoms with Gasteiger partial charge in [-0.15, -0.1) is 4.91 Å². The molecule has 7 nitrogen and oxygen atoms in total. The molecule has 0 bridgehead atoms. The second-order valence-corrected chi connectivity index (χ2v) is 6.40. The van der Waals surface area contributed by atoms with Gasteiger partial charge in [0.05, 0.1) is 31.3 Å². The number of nitrogens with zero attached hydrogens (tertiary/aromatic N) is 4. The molecule has 1 aromatic rings. The fourth-order valence-corrected chi connectivity index (χ4v) is 3.12. The number of hydrogen-bond donors (Lipinski definition) is 0. The summed E-state index contributed by atoms with van der Waals surface area (Å²) in [5.74, 6) is 0.444. The Labute approximate surface area is 151 Å². The van der Waals surface area contributed by atoms with Crippen LogP contribution in [0.4, 0.5) is 14.5 Å². The number of hydrogen-bond acceptors (Lipinski definition) is 6. The van der Waals surface area contributed by atoms with Crippen LogP contribution in [0.2, 0.25) is 0 Å². The lowest BCUT2D eigenvalue weighted by atomic mass is 9.86. The first-order valence-corrected chi connectivity index (χ1v) is 8.88. The summed E-state index contributed by atoms with van der Waals surface area (Å²) in [5.41, 5.74) is -0.815. The maximum atomic E-state index is 12.8. The Bertz CT molecular complexity index is 595. The molecule has 0 spiro atoms. The second kappa shape index (κ2) is 10.9. The van der Waals surface area contributed by atoms with Crippen LogP contribution in [0, 0.1) is 22.2 Å². The second-order valence-electron chi connectivity index (χ2n) is 6.40. The average Bonchev–Trinajstić information content (AvgIpc) is 3.09. The van der Waals surface area contributed by atoms with E-state index in [0.29, 0.717) is 38.8 Å². The molecule has 1 aromatic heterocycles. The van der Waals surface area contributed by atoms with E-state index in [1.54, 1.807) is 0 Å². The van der Waals surface area contributed by atoms with Gasteiger partial charge in [-0.05, 0) is 43.2 Å². The van der Waals surface area contributed by atoms with Gasteiger partial charge in [-0.3, -0.25) is 4.68 Å². The van der Waals surface area contributed by atoms with Crippen molar-refractivity contribution in [2.75, 3.05) is 26.4 Å². The van der Waals surface area contributed by atoms with Crippen molar-refractivity contribution in [3.63, 3.8) is 0 Å². The standard InChI is InChI=1S/C17H24F2N4O3/c18-17(19)16-15(22-24)11-23(21-16)14-5-3-13(4-6-14)12-26-10-2-9-25-8-1-7-20/h11,13-14,17H,1-6,8-10,12H2/t13-,14-. The summed E-state index contributed by atoms with van der Waals surface area (Å²) in [4.78, 5) is 10.6. The predicted molar refractivity (Wildman–Crippen MR) is 90.1 cm³/mol. The zero-order valence-corrected chi connectivity index (χ0v) is 14.6. The summed E-state index contributed by atoms with van der Waals surface area (Å²) in [6, 6.07) is 2.04. The quantitative estimate of drug-likeness (QED) is 0.428. The first kappa shape index (κ1) is 20.4. The first-order chi connectivity index (χ1) is 12.7. The highest BCUT2D eigenvalue weighted by molar-refractivity contribution is 5.40. The zero-order valence-electron chi connectivity index (χ0n) is 14.6. The minimum absolute atomic E-state index is 0.0211. The van der Waals surface area contributed by atoms with Crippen LogP contribution in [-0.4, -0.2) is 36.2 Å². The lowest BCUT2D eigenvalue weighted by Gasteiger charge is -2.28. The Morgan fingerprint density at radius 2 is 2.00 bits per heavy atom. The van der Waals surface area contributed by atoms with Crippen LogP contribution in [0.15, 0.2) is 11.4 Å². The number of ether oxygens (including phenoxy) is 2. The summed E-state index contributed by atoms with van der Waals surface area (Å²) >= 11 is 0. The first-order valence-electron chi connectivity index (χ1n) is 8.88. The normalized spacial score (nSPS) is 20.2. The molecule has 0 amide bonds. The van der Waals surface area contributed by atoms with Crippen LogP contribution in [0.5, 0.6) is 0 Å². The molecule has 0 N–H and O–H groups in total. The molecule has 9 heteroatoms. The van der Waals surface area contributed by atoms with Gasteiger partial charge in [-0.25, -0.2) is 8.78 Å². The molecular formula is C17H24F2N4O3. The highest BCUT2D eigenvalue weighted by atomic mass is 19.3. The van der Waals surface area contributed by atoms with Crippen LogP contribution in [0.1, 0.15) is 56.7 Å². The Morgan fingerprint density at radius 3 is 2.62 bits per heavy atom. The van der Waals surface area contributed by atoms with E-state index in [9.17, 15) is 13.7 Å². The fourth-order valence-electron chi connectivity index (χ4n) is 3.12. The van der Waals surface area contributed by atoms with Gasteiger partial charge < -0.3 is 9.47 Å². The molecule has 0 atom stereocenters. The van der Waals surface area contributed by atoms with Crippen LogP contribution in [-0.2, 0) is 9.47 Å². The van der Waals surface area contributed by atoms with Gasteiger partial charge in [0.15, 0.2) is 11.4 Å². The molecule has 1 aliphatic carbocycles. The summed E-state index contributed by atoms with van der Waals surface area (Å²) in [7, 11) is 0. The molecule has 0 aliphatic heterocycles. The lowest BCUT2D eigenvalue weighted by molar-refractivity contribution is 0.0550. The average molecular weight is 370 g/mol. The number of nitroso groups, excluding NO2 is 1. The van der Waals surface area contributed by atoms with Crippen molar-refractivity contribution >= 4 is 5.69 Å². The van der Waals surface area contributed by atoms with E-state index < -0.39 is 12.1 Å². The van der Waals surface area contributed by atoms with Gasteiger partial charge in [0, 0.05) is 19.8 Å². The fraction of sp³-hybridized carbons (Fsp3) is 0.765. The van der Waals surface area contributed by atoms with Crippen molar-refractivity contribution in [3.05, 3.63) is 16.8 Å². The van der Waals surface area contributed by atoms with Crippen molar-refractivity contribution in [2.24, 2.45) is 11.1 Å². The van der Waals surface area contributed by atoms with E-state index in [4.69, 9.17) is 14.7 Å². The maximum Gasteiger partial charge on any atom is 0.284 e. The van der Waals surface area contributed by atoms with Gasteiger partial charge in [0.1, 0.15) is 0 Å². The Kier molecular flexibility index (Phi) is 8.58. The van der Waals surface area contributed by atoms with Gasteiger partial charge in [0.2, 0.25) is 0 Å². The van der Waals surface area contributed by atoms with E-state index in [-0.39, 0.29) is 11.7 Å². The summed E-state index contributed by atoms with van der Waals surface area (Å²) < 4.78 is 38.1. The molecule has 2 rings (SSSR count). The largest absolute Gasteiger partial charge is 0.381 e. The molecule has 144 valence electrons. The number of rotatable bonds is 11. The van der Waals surface area contributed by atoms with Gasteiger partial charge in [-0.1, -0.05) is 0 Å². The summed E-state index contributed by atoms with van der Waals surface area (Å²) in [6.45, 7) is 2.35. The third-order valence-electron chi connectivity index (χ3n) is 4.52. The van der Waals surface area contributed by atoms with Gasteiger partial charge >= 0.3 is 0 Å². The van der Waals surface area contributed by atoms with Crippen LogP contribution in [0.25, 0.3) is 0 Å². The zero-order chi connectivity index (χ0) is 18.8. The van der Waals surface area contributed by atoms with Crippen LogP contribution >= 0.6 is 0 Å². The van der Waals surface area contributed by atoms with Crippen molar-refractivity contribution in [1.82, 2.24) is 9.78 Å². The highest BCUT2D eigenvalue weighted by Crippen LogP contribution is 2.35. The van der Waals surface area contributed by atoms with Crippen molar-refractivity contribution < 1.29 is 18.3 Å². The molecule has 1 aliphatic rings. The molecule has 26 heavy (non-hydrogen) atoms. The third kappa shape index (κ3) is 6.11. The molecule has 1 heterocycles. The number of halogens is 2. The smallest absolute Gasteiger partial charge is 0.284 e. The number of nitriles is 1. The lowest BCUT2D eigenvalue weighted by Crippen LogP contribution is -2.22. The third-order valence-corrected chi connectivity index (χ3v) is 4.52. The van der Waals surface area contributed by atoms with Crippen LogP contribution in [0.3, 0.4) is 0 Å². The maximum absolute atomic E-state index is 12.8. The SMILES string of the molecule is N#CCCOCCCOC[C@H]1CC[C@H](n2cc(N=O)c(C(F)F)n2)CC1. The van der Waals surface area contributed by atoms with E-state index in [0.717, 1.165) is 32.1 Å². The molecule has 1 saturated carbocycles. The van der Waals surface area contributed by atoms with Crippen molar-refractivity contribution in [3.8, 4) is 6.07 Å². The minimum atomic E-state index is -2.79. The summed E-state index contributed by atoms with van der Waals surface area (Å²) in [6.07, 6.45) is 3.21. The molecule has 0 radical (unpaired) electrons. The van der Waals surface area contributed by atoms with E-state index >= 15 is 0 Å². The minimum Gasteiger partial charge on any atom is -0.381 e. The number of alkyl halides is 2. The van der Waals surface area contributed by atoms with Gasteiger partial charge in [-0.2, -0.15) is 10.4 Å². The highest BCUT2D eigenvalue weighted by Gasteiger charge is 2.26. The Morgan fingerprint density at radius 1 is 1.27 bits per heavy atom. The summed E-state index contributed by atoms with van der Waals surface area (Å²) in [5, 5.41) is 14.9. The molecule has 0 saturated heterocycles. The predicted octanol–water partition coefficient (Wildman–Crippen LogP) is 4.29.